The van der Waals surface area contributed by atoms with Crippen LogP contribution >= 0.6 is 0 Å². The SMILES string of the molecule is COc1ccc(OC)c(C(C)NC(=O)CC(O)(c2nccn2C)C(F)(F)F)c1. The molecule has 7 nitrogen and oxygen atoms in total. The molecule has 0 fully saturated rings. The molecule has 0 aliphatic heterocycles. The minimum absolute atomic E-state index is 0.434. The molecule has 1 amide bonds. The lowest BCUT2D eigenvalue weighted by Crippen LogP contribution is -2.48. The van der Waals surface area contributed by atoms with Gasteiger partial charge in [-0.2, -0.15) is 13.2 Å². The van der Waals surface area contributed by atoms with Crippen LogP contribution in [0.1, 0.15) is 30.8 Å². The Morgan fingerprint density at radius 1 is 1.32 bits per heavy atom. The van der Waals surface area contributed by atoms with Crippen LogP contribution < -0.4 is 14.8 Å². The van der Waals surface area contributed by atoms with E-state index in [9.17, 15) is 23.1 Å². The van der Waals surface area contributed by atoms with Crippen molar-refractivity contribution in [3.8, 4) is 11.5 Å². The normalized spacial score (nSPS) is 14.9. The standard InChI is InChI=1S/C18H22F3N3O4/c1-11(13-9-12(27-3)5-6-14(13)28-4)23-15(25)10-17(26,18(19,20)21)16-22-7-8-24(16)2/h5-9,11,26H,10H2,1-4H3,(H,23,25). The van der Waals surface area contributed by atoms with E-state index in [2.05, 4.69) is 10.3 Å². The summed E-state index contributed by atoms with van der Waals surface area (Å²) in [5.74, 6) is -0.734. The van der Waals surface area contributed by atoms with Crippen LogP contribution in [0.3, 0.4) is 0 Å². The van der Waals surface area contributed by atoms with Gasteiger partial charge in [0.15, 0.2) is 5.82 Å². The van der Waals surface area contributed by atoms with E-state index in [1.54, 1.807) is 25.1 Å². The number of alkyl halides is 3. The molecule has 0 spiro atoms. The molecule has 1 aromatic carbocycles. The van der Waals surface area contributed by atoms with Gasteiger partial charge in [-0.05, 0) is 25.1 Å². The highest BCUT2D eigenvalue weighted by Crippen LogP contribution is 2.41. The maximum absolute atomic E-state index is 13.6. The van der Waals surface area contributed by atoms with E-state index in [1.807, 2.05) is 0 Å². The monoisotopic (exact) mass is 401 g/mol. The van der Waals surface area contributed by atoms with Crippen LogP contribution in [-0.2, 0) is 17.4 Å². The number of rotatable bonds is 7. The van der Waals surface area contributed by atoms with Crippen molar-refractivity contribution in [2.24, 2.45) is 7.05 Å². The van der Waals surface area contributed by atoms with E-state index in [0.29, 0.717) is 17.1 Å². The Labute approximate surface area is 160 Å². The molecule has 28 heavy (non-hydrogen) atoms. The first-order chi connectivity index (χ1) is 13.0. The molecular weight excluding hydrogens is 379 g/mol. The summed E-state index contributed by atoms with van der Waals surface area (Å²) in [7, 11) is 4.20. The zero-order valence-electron chi connectivity index (χ0n) is 15.9. The van der Waals surface area contributed by atoms with Crippen molar-refractivity contribution in [2.45, 2.75) is 31.2 Å². The molecule has 2 rings (SSSR count). The summed E-state index contributed by atoms with van der Waals surface area (Å²) in [5.41, 5.74) is -2.91. The van der Waals surface area contributed by atoms with Gasteiger partial charge in [-0.25, -0.2) is 4.98 Å². The topological polar surface area (TPSA) is 85.6 Å². The number of hydrogen-bond donors (Lipinski definition) is 2. The van der Waals surface area contributed by atoms with Crippen molar-refractivity contribution in [3.63, 3.8) is 0 Å². The number of carbonyl (C=O) groups is 1. The number of ether oxygens (including phenoxy) is 2. The quantitative estimate of drug-likeness (QED) is 0.745. The van der Waals surface area contributed by atoms with Crippen molar-refractivity contribution < 1.29 is 32.5 Å². The number of benzene rings is 1. The minimum Gasteiger partial charge on any atom is -0.497 e. The second kappa shape index (κ2) is 8.09. The number of nitrogens with zero attached hydrogens (tertiary/aromatic N) is 2. The third-order valence-corrected chi connectivity index (χ3v) is 4.36. The highest BCUT2D eigenvalue weighted by atomic mass is 19.4. The number of imidazole rings is 1. The number of aromatic nitrogens is 2. The molecule has 1 heterocycles. The molecule has 0 saturated heterocycles. The van der Waals surface area contributed by atoms with Gasteiger partial charge < -0.3 is 24.5 Å². The summed E-state index contributed by atoms with van der Waals surface area (Å²) in [4.78, 5) is 15.9. The zero-order valence-corrected chi connectivity index (χ0v) is 15.9. The van der Waals surface area contributed by atoms with Crippen molar-refractivity contribution >= 4 is 5.91 Å². The molecular formula is C18H22F3N3O4. The minimum atomic E-state index is -5.10. The highest BCUT2D eigenvalue weighted by molar-refractivity contribution is 5.78. The van der Waals surface area contributed by atoms with Crippen molar-refractivity contribution in [2.75, 3.05) is 14.2 Å². The van der Waals surface area contributed by atoms with Gasteiger partial charge in [0.1, 0.15) is 11.5 Å². The predicted octanol–water partition coefficient (Wildman–Crippen LogP) is 2.45. The van der Waals surface area contributed by atoms with E-state index < -0.39 is 36.0 Å². The molecule has 2 N–H and O–H groups in total. The predicted molar refractivity (Wildman–Crippen MR) is 93.9 cm³/mol. The van der Waals surface area contributed by atoms with Crippen LogP contribution in [0.15, 0.2) is 30.6 Å². The Kier molecular flexibility index (Phi) is 6.23. The number of carbonyl (C=O) groups excluding carboxylic acids is 1. The fourth-order valence-electron chi connectivity index (χ4n) is 2.85. The van der Waals surface area contributed by atoms with Crippen LogP contribution in [0.25, 0.3) is 0 Å². The summed E-state index contributed by atoms with van der Waals surface area (Å²) in [6.07, 6.45) is -3.96. The van der Waals surface area contributed by atoms with Gasteiger partial charge in [0.05, 0.1) is 26.7 Å². The molecule has 0 radical (unpaired) electrons. The molecule has 0 bridgehead atoms. The molecule has 10 heteroatoms. The molecule has 2 atom stereocenters. The molecule has 2 unspecified atom stereocenters. The van der Waals surface area contributed by atoms with Gasteiger partial charge in [-0.15, -0.1) is 0 Å². The van der Waals surface area contributed by atoms with E-state index in [4.69, 9.17) is 9.47 Å². The molecule has 154 valence electrons. The van der Waals surface area contributed by atoms with Gasteiger partial charge in [0, 0.05) is 25.0 Å². The van der Waals surface area contributed by atoms with Gasteiger partial charge in [-0.1, -0.05) is 0 Å². The fraction of sp³-hybridized carbons (Fsp3) is 0.444. The first kappa shape index (κ1) is 21.5. The van der Waals surface area contributed by atoms with E-state index in [1.165, 1.54) is 27.5 Å². The Balaban J connectivity index is 2.25. The van der Waals surface area contributed by atoms with Gasteiger partial charge in [-0.3, -0.25) is 4.79 Å². The average Bonchev–Trinajstić information content (AvgIpc) is 3.06. The first-order valence-corrected chi connectivity index (χ1v) is 8.31. The van der Waals surface area contributed by atoms with Gasteiger partial charge >= 0.3 is 6.18 Å². The van der Waals surface area contributed by atoms with E-state index >= 15 is 0 Å². The van der Waals surface area contributed by atoms with Crippen molar-refractivity contribution in [1.29, 1.82) is 0 Å². The second-order valence-electron chi connectivity index (χ2n) is 6.29. The fourth-order valence-corrected chi connectivity index (χ4v) is 2.85. The third kappa shape index (κ3) is 4.22. The number of halogens is 3. The van der Waals surface area contributed by atoms with E-state index in [0.717, 1.165) is 10.8 Å². The lowest BCUT2D eigenvalue weighted by molar-refractivity contribution is -0.271. The van der Waals surface area contributed by atoms with Crippen LogP contribution in [0, 0.1) is 0 Å². The molecule has 1 aromatic heterocycles. The van der Waals surface area contributed by atoms with Crippen molar-refractivity contribution in [1.82, 2.24) is 14.9 Å². The molecule has 0 saturated carbocycles. The summed E-state index contributed by atoms with van der Waals surface area (Å²) in [6.45, 7) is 1.59. The summed E-state index contributed by atoms with van der Waals surface area (Å²) >= 11 is 0. The van der Waals surface area contributed by atoms with Crippen LogP contribution in [-0.4, -0.2) is 41.0 Å². The number of aliphatic hydroxyl groups is 1. The third-order valence-electron chi connectivity index (χ3n) is 4.36. The average molecular weight is 401 g/mol. The molecule has 0 aliphatic rings. The number of methoxy groups -OCH3 is 2. The summed E-state index contributed by atoms with van der Waals surface area (Å²) in [6, 6.07) is 4.19. The van der Waals surface area contributed by atoms with Gasteiger partial charge in [0.25, 0.3) is 0 Å². The lowest BCUT2D eigenvalue weighted by Gasteiger charge is -2.30. The summed E-state index contributed by atoms with van der Waals surface area (Å²) in [5, 5.41) is 12.8. The Hall–Kier alpha value is -2.75. The lowest BCUT2D eigenvalue weighted by atomic mass is 9.96. The summed E-state index contributed by atoms with van der Waals surface area (Å²) < 4.78 is 52.1. The van der Waals surface area contributed by atoms with E-state index in [-0.39, 0.29) is 0 Å². The maximum Gasteiger partial charge on any atom is 0.425 e. The first-order valence-electron chi connectivity index (χ1n) is 8.31. The van der Waals surface area contributed by atoms with Crippen LogP contribution in [0.4, 0.5) is 13.2 Å². The smallest absolute Gasteiger partial charge is 0.425 e. The van der Waals surface area contributed by atoms with Crippen molar-refractivity contribution in [3.05, 3.63) is 42.0 Å². The highest BCUT2D eigenvalue weighted by Gasteiger charge is 2.58. The maximum atomic E-state index is 13.6. The Morgan fingerprint density at radius 2 is 2.00 bits per heavy atom. The molecule has 0 aliphatic carbocycles. The second-order valence-corrected chi connectivity index (χ2v) is 6.29. The molecule has 2 aromatic rings. The number of nitrogens with one attached hydrogen (secondary N) is 1. The van der Waals surface area contributed by atoms with Gasteiger partial charge in [0.2, 0.25) is 11.5 Å². The Morgan fingerprint density at radius 3 is 2.50 bits per heavy atom. The van der Waals surface area contributed by atoms with Crippen LogP contribution in [0.5, 0.6) is 11.5 Å². The number of aryl methyl sites for hydroxylation is 1. The number of hydrogen-bond acceptors (Lipinski definition) is 5. The largest absolute Gasteiger partial charge is 0.497 e. The van der Waals surface area contributed by atoms with Crippen LogP contribution in [0.2, 0.25) is 0 Å². The zero-order chi connectivity index (χ0) is 21.1. The Bertz CT molecular complexity index is 838. The number of amides is 1.